The maximum absolute atomic E-state index is 12.9. The lowest BCUT2D eigenvalue weighted by Crippen LogP contribution is -2.38. The number of anilines is 1. The molecule has 2 aromatic heterocycles. The lowest BCUT2D eigenvalue weighted by Gasteiger charge is -2.27. The molecule has 5 nitrogen and oxygen atoms in total. The van der Waals surface area contributed by atoms with E-state index in [-0.39, 0.29) is 5.91 Å². The number of thiophene rings is 1. The van der Waals surface area contributed by atoms with Crippen LogP contribution in [0.5, 0.6) is 0 Å². The van der Waals surface area contributed by atoms with Gasteiger partial charge in [-0.25, -0.2) is 0 Å². The highest BCUT2D eigenvalue weighted by Gasteiger charge is 2.34. The first-order chi connectivity index (χ1) is 14.0. The lowest BCUT2D eigenvalue weighted by atomic mass is 10.0. The van der Waals surface area contributed by atoms with Crippen LogP contribution in [0, 0.1) is 0 Å². The molecule has 0 radical (unpaired) electrons. The number of nitrogens with one attached hydrogen (secondary N) is 2. The Morgan fingerprint density at radius 1 is 1.21 bits per heavy atom. The van der Waals surface area contributed by atoms with Gasteiger partial charge in [0.05, 0.1) is 5.56 Å². The van der Waals surface area contributed by atoms with Gasteiger partial charge in [-0.3, -0.25) is 9.69 Å². The topological polar surface area (TPSA) is 57.5 Å². The smallest absolute Gasteiger partial charge is 0.256 e. The average Bonchev–Trinajstić information content (AvgIpc) is 3.31. The van der Waals surface area contributed by atoms with Gasteiger partial charge in [-0.1, -0.05) is 30.1 Å². The minimum Gasteiger partial charge on any atom is -0.457 e. The summed E-state index contributed by atoms with van der Waals surface area (Å²) in [5, 5.41) is 8.49. The molecule has 0 spiro atoms. The van der Waals surface area contributed by atoms with E-state index in [9.17, 15) is 4.79 Å². The van der Waals surface area contributed by atoms with Crippen molar-refractivity contribution in [2.75, 3.05) is 18.4 Å². The molecule has 29 heavy (non-hydrogen) atoms. The van der Waals surface area contributed by atoms with Gasteiger partial charge in [0.25, 0.3) is 5.91 Å². The summed E-state index contributed by atoms with van der Waals surface area (Å²) in [6.07, 6.45) is 0.496. The maximum atomic E-state index is 12.9. The molecule has 1 amide bonds. The Bertz CT molecular complexity index is 1090. The number of likely N-dealkylation sites (N-methyl/N-ethyl adjacent to an activating group) is 1. The van der Waals surface area contributed by atoms with Gasteiger partial charge in [0.1, 0.15) is 16.5 Å². The van der Waals surface area contributed by atoms with E-state index in [0.29, 0.717) is 21.6 Å². The number of amides is 1. The highest BCUT2D eigenvalue weighted by atomic mass is 35.5. The molecule has 0 saturated heterocycles. The molecule has 1 atom stereocenters. The quantitative estimate of drug-likeness (QED) is 0.552. The van der Waals surface area contributed by atoms with Crippen LogP contribution in [0.25, 0.3) is 11.3 Å². The second kappa shape index (κ2) is 7.36. The third-order valence-electron chi connectivity index (χ3n) is 5.42. The van der Waals surface area contributed by atoms with Gasteiger partial charge >= 0.3 is 0 Å². The molecule has 8 heteroatoms. The zero-order valence-electron chi connectivity index (χ0n) is 15.7. The van der Waals surface area contributed by atoms with Crippen LogP contribution in [0.2, 0.25) is 10.0 Å². The van der Waals surface area contributed by atoms with Crippen molar-refractivity contribution in [2.24, 2.45) is 0 Å². The van der Waals surface area contributed by atoms with Crippen LogP contribution in [0.3, 0.4) is 0 Å². The van der Waals surface area contributed by atoms with Crippen LogP contribution < -0.4 is 10.6 Å². The summed E-state index contributed by atoms with van der Waals surface area (Å²) in [5.74, 6) is 1.24. The van der Waals surface area contributed by atoms with Crippen LogP contribution in [-0.4, -0.2) is 23.9 Å². The third-order valence-corrected chi connectivity index (χ3v) is 7.00. The van der Waals surface area contributed by atoms with Gasteiger partial charge < -0.3 is 15.1 Å². The van der Waals surface area contributed by atoms with Crippen LogP contribution in [-0.2, 0) is 13.0 Å². The van der Waals surface area contributed by atoms with Gasteiger partial charge in [-0.2, -0.15) is 0 Å². The Labute approximate surface area is 182 Å². The van der Waals surface area contributed by atoms with E-state index in [1.54, 1.807) is 29.5 Å². The molecule has 5 rings (SSSR count). The molecule has 2 N–H and O–H groups in total. The zero-order valence-corrected chi connectivity index (χ0v) is 18.0. The number of nitrogens with zero attached hydrogens (tertiary/aromatic N) is 1. The zero-order chi connectivity index (χ0) is 20.1. The van der Waals surface area contributed by atoms with Gasteiger partial charge in [0, 0.05) is 33.6 Å². The molecular weight excluding hydrogens is 429 g/mol. The number of fused-ring (bicyclic) bond motifs is 3. The molecule has 0 fully saturated rings. The predicted molar refractivity (Wildman–Crippen MR) is 117 cm³/mol. The number of benzene rings is 1. The van der Waals surface area contributed by atoms with Gasteiger partial charge in [0.2, 0.25) is 0 Å². The first-order valence-corrected chi connectivity index (χ1v) is 11.1. The summed E-state index contributed by atoms with van der Waals surface area (Å²) in [7, 11) is 0. The Kier molecular flexibility index (Phi) is 4.82. The van der Waals surface area contributed by atoms with E-state index >= 15 is 0 Å². The fourth-order valence-electron chi connectivity index (χ4n) is 3.94. The van der Waals surface area contributed by atoms with Crippen LogP contribution in [0.4, 0.5) is 5.00 Å². The average molecular weight is 448 g/mol. The SMILES string of the molecule is CCN1CCc2c(sc3c2C(=O)N[C@H](c2ccc(-c4cc(Cl)cc(Cl)c4)o2)N3)C1. The van der Waals surface area contributed by atoms with Gasteiger partial charge in [-0.05, 0) is 48.9 Å². The molecule has 1 aromatic carbocycles. The van der Waals surface area contributed by atoms with Gasteiger partial charge in [-0.15, -0.1) is 11.3 Å². The minimum atomic E-state index is -0.416. The molecule has 2 aliphatic rings. The van der Waals surface area contributed by atoms with Crippen molar-refractivity contribution >= 4 is 45.4 Å². The number of carbonyl (C=O) groups is 1. The molecule has 150 valence electrons. The van der Waals surface area contributed by atoms with Crippen LogP contribution in [0.15, 0.2) is 34.7 Å². The van der Waals surface area contributed by atoms with Crippen molar-refractivity contribution in [2.45, 2.75) is 26.1 Å². The Morgan fingerprint density at radius 3 is 2.76 bits per heavy atom. The standard InChI is InChI=1S/C21H19Cl2N3O2S/c1-2-26-6-5-14-17(10-26)29-21-18(14)20(27)24-19(25-21)16-4-3-15(28-16)11-7-12(22)9-13(23)8-11/h3-4,7-9,19,25H,2,5-6,10H2,1H3,(H,24,27)/t19-/m0/s1. The van der Waals surface area contributed by atoms with E-state index in [1.807, 2.05) is 12.1 Å². The minimum absolute atomic E-state index is 0.0463. The van der Waals surface area contributed by atoms with Crippen LogP contribution in [0.1, 0.15) is 39.6 Å². The highest BCUT2D eigenvalue weighted by molar-refractivity contribution is 7.16. The maximum Gasteiger partial charge on any atom is 0.256 e. The first kappa shape index (κ1) is 19.0. The Morgan fingerprint density at radius 2 is 2.00 bits per heavy atom. The number of carbonyl (C=O) groups excluding carboxylic acids is 1. The molecule has 3 aromatic rings. The van der Waals surface area contributed by atoms with Crippen molar-refractivity contribution in [3.63, 3.8) is 0 Å². The molecule has 4 heterocycles. The van der Waals surface area contributed by atoms with Crippen LogP contribution >= 0.6 is 34.5 Å². The van der Waals surface area contributed by atoms with E-state index < -0.39 is 6.17 Å². The molecular formula is C21H19Cl2N3O2S. The van der Waals surface area contributed by atoms with E-state index in [0.717, 1.165) is 42.2 Å². The molecule has 2 aliphatic heterocycles. The summed E-state index contributed by atoms with van der Waals surface area (Å²) in [6, 6.07) is 9.00. The van der Waals surface area contributed by atoms with Crippen molar-refractivity contribution in [1.82, 2.24) is 10.2 Å². The van der Waals surface area contributed by atoms with E-state index in [2.05, 4.69) is 22.5 Å². The van der Waals surface area contributed by atoms with E-state index in [1.165, 1.54) is 10.4 Å². The number of furan rings is 1. The summed E-state index contributed by atoms with van der Waals surface area (Å²) < 4.78 is 6.02. The monoisotopic (exact) mass is 447 g/mol. The number of hydrogen-bond donors (Lipinski definition) is 2. The van der Waals surface area contributed by atoms with Gasteiger partial charge in [0.15, 0.2) is 6.17 Å². The molecule has 0 aliphatic carbocycles. The van der Waals surface area contributed by atoms with Crippen molar-refractivity contribution in [3.8, 4) is 11.3 Å². The van der Waals surface area contributed by atoms with Crippen molar-refractivity contribution in [1.29, 1.82) is 0 Å². The van der Waals surface area contributed by atoms with Crippen molar-refractivity contribution < 1.29 is 9.21 Å². The summed E-state index contributed by atoms with van der Waals surface area (Å²) in [5.41, 5.74) is 2.78. The fraction of sp³-hybridized carbons (Fsp3) is 0.286. The summed E-state index contributed by atoms with van der Waals surface area (Å²) in [4.78, 5) is 16.6. The normalized spacial score (nSPS) is 18.7. The predicted octanol–water partition coefficient (Wildman–Crippen LogP) is 5.55. The fourth-order valence-corrected chi connectivity index (χ4v) is 5.78. The second-order valence-corrected chi connectivity index (χ2v) is 9.22. The largest absolute Gasteiger partial charge is 0.457 e. The third kappa shape index (κ3) is 3.44. The molecule has 0 unspecified atom stereocenters. The summed E-state index contributed by atoms with van der Waals surface area (Å²) in [6.45, 7) is 5.09. The molecule has 0 bridgehead atoms. The number of halogens is 2. The highest BCUT2D eigenvalue weighted by Crippen LogP contribution is 2.41. The Balaban J connectivity index is 1.43. The van der Waals surface area contributed by atoms with E-state index in [4.69, 9.17) is 27.6 Å². The second-order valence-electron chi connectivity index (χ2n) is 7.24. The summed E-state index contributed by atoms with van der Waals surface area (Å²) >= 11 is 13.9. The molecule has 0 saturated carbocycles. The Hall–Kier alpha value is -1.99. The van der Waals surface area contributed by atoms with Crippen molar-refractivity contribution in [3.05, 3.63) is 62.1 Å². The number of hydrogen-bond acceptors (Lipinski definition) is 5. The first-order valence-electron chi connectivity index (χ1n) is 9.52. The number of rotatable bonds is 3. The lowest BCUT2D eigenvalue weighted by molar-refractivity contribution is 0.0930.